The molecule has 0 aliphatic carbocycles. The lowest BCUT2D eigenvalue weighted by Gasteiger charge is -2.02. The van der Waals surface area contributed by atoms with E-state index in [0.717, 1.165) is 17.9 Å². The summed E-state index contributed by atoms with van der Waals surface area (Å²) in [7, 11) is 0. The summed E-state index contributed by atoms with van der Waals surface area (Å²) in [6.45, 7) is 4.03. The SMILES string of the molecule is CCc1nc(C)ncc1SC. The van der Waals surface area contributed by atoms with Gasteiger partial charge in [-0.05, 0) is 19.6 Å². The van der Waals surface area contributed by atoms with Gasteiger partial charge in [0.05, 0.1) is 5.69 Å². The lowest BCUT2D eigenvalue weighted by molar-refractivity contribution is 0.899. The van der Waals surface area contributed by atoms with Crippen LogP contribution in [0.4, 0.5) is 0 Å². The van der Waals surface area contributed by atoms with Crippen LogP contribution in [0.15, 0.2) is 11.1 Å². The summed E-state index contributed by atoms with van der Waals surface area (Å²) in [5.74, 6) is 0.861. The van der Waals surface area contributed by atoms with E-state index in [2.05, 4.69) is 16.9 Å². The smallest absolute Gasteiger partial charge is 0.125 e. The summed E-state index contributed by atoms with van der Waals surface area (Å²) in [5, 5.41) is 0. The third-order valence-electron chi connectivity index (χ3n) is 1.50. The van der Waals surface area contributed by atoms with Crippen LogP contribution < -0.4 is 0 Å². The van der Waals surface area contributed by atoms with E-state index < -0.39 is 0 Å². The number of rotatable bonds is 2. The van der Waals surface area contributed by atoms with Crippen molar-refractivity contribution in [3.05, 3.63) is 17.7 Å². The van der Waals surface area contributed by atoms with E-state index in [1.54, 1.807) is 11.8 Å². The summed E-state index contributed by atoms with van der Waals surface area (Å²) < 4.78 is 0. The maximum Gasteiger partial charge on any atom is 0.125 e. The highest BCUT2D eigenvalue weighted by molar-refractivity contribution is 7.98. The molecule has 1 heterocycles. The first-order chi connectivity index (χ1) is 5.27. The maximum atomic E-state index is 4.33. The Balaban J connectivity index is 3.06. The molecule has 1 aromatic rings. The van der Waals surface area contributed by atoms with Gasteiger partial charge in [-0.2, -0.15) is 0 Å². The molecule has 1 rings (SSSR count). The lowest BCUT2D eigenvalue weighted by atomic mass is 10.3. The van der Waals surface area contributed by atoms with Crippen LogP contribution in [-0.4, -0.2) is 16.2 Å². The average molecular weight is 168 g/mol. The molecule has 0 N–H and O–H groups in total. The van der Waals surface area contributed by atoms with Gasteiger partial charge in [-0.1, -0.05) is 6.92 Å². The third-order valence-corrected chi connectivity index (χ3v) is 2.29. The minimum atomic E-state index is 0.861. The highest BCUT2D eigenvalue weighted by Crippen LogP contribution is 2.17. The van der Waals surface area contributed by atoms with E-state index in [9.17, 15) is 0 Å². The van der Waals surface area contributed by atoms with Crippen LogP contribution in [0.25, 0.3) is 0 Å². The molecule has 0 aliphatic heterocycles. The van der Waals surface area contributed by atoms with Crippen molar-refractivity contribution in [2.45, 2.75) is 25.2 Å². The monoisotopic (exact) mass is 168 g/mol. The van der Waals surface area contributed by atoms with Crippen molar-refractivity contribution >= 4 is 11.8 Å². The van der Waals surface area contributed by atoms with Gasteiger partial charge in [0.1, 0.15) is 5.82 Å². The first-order valence-electron chi connectivity index (χ1n) is 3.64. The molecule has 0 fully saturated rings. The standard InChI is InChI=1S/C8H12N2S/c1-4-7-8(11-3)5-9-6(2)10-7/h5H,4H2,1-3H3. The molecule has 0 saturated carbocycles. The van der Waals surface area contributed by atoms with Crippen LogP contribution in [0.5, 0.6) is 0 Å². The second-order valence-corrected chi connectivity index (χ2v) is 3.13. The molecule has 0 aromatic carbocycles. The highest BCUT2D eigenvalue weighted by Gasteiger charge is 2.00. The summed E-state index contributed by atoms with van der Waals surface area (Å²) in [4.78, 5) is 9.65. The van der Waals surface area contributed by atoms with Gasteiger partial charge in [0, 0.05) is 11.1 Å². The van der Waals surface area contributed by atoms with Gasteiger partial charge in [0.15, 0.2) is 0 Å². The predicted octanol–water partition coefficient (Wildman–Crippen LogP) is 2.07. The Kier molecular flexibility index (Phi) is 2.88. The summed E-state index contributed by atoms with van der Waals surface area (Å²) in [6, 6.07) is 0. The molecule has 2 nitrogen and oxygen atoms in total. The molecule has 0 saturated heterocycles. The Labute approximate surface area is 71.5 Å². The van der Waals surface area contributed by atoms with Gasteiger partial charge in [-0.3, -0.25) is 0 Å². The predicted molar refractivity (Wildman–Crippen MR) is 47.9 cm³/mol. The van der Waals surface area contributed by atoms with Crippen molar-refractivity contribution in [1.29, 1.82) is 0 Å². The van der Waals surface area contributed by atoms with Crippen molar-refractivity contribution in [2.24, 2.45) is 0 Å². The van der Waals surface area contributed by atoms with Crippen molar-refractivity contribution in [3.8, 4) is 0 Å². The number of nitrogens with zero attached hydrogens (tertiary/aromatic N) is 2. The van der Waals surface area contributed by atoms with Crippen molar-refractivity contribution < 1.29 is 0 Å². The minimum Gasteiger partial charge on any atom is -0.241 e. The lowest BCUT2D eigenvalue weighted by Crippen LogP contribution is -1.95. The van der Waals surface area contributed by atoms with Crippen molar-refractivity contribution in [2.75, 3.05) is 6.26 Å². The Bertz CT molecular complexity index is 248. The van der Waals surface area contributed by atoms with Crippen LogP contribution in [0.2, 0.25) is 0 Å². The van der Waals surface area contributed by atoms with E-state index in [1.807, 2.05) is 19.4 Å². The number of aryl methyl sites for hydroxylation is 2. The summed E-state index contributed by atoms with van der Waals surface area (Å²) in [6.07, 6.45) is 4.93. The van der Waals surface area contributed by atoms with Crippen molar-refractivity contribution in [3.63, 3.8) is 0 Å². The fourth-order valence-electron chi connectivity index (χ4n) is 0.930. The fraction of sp³-hybridized carbons (Fsp3) is 0.500. The Morgan fingerprint density at radius 3 is 2.82 bits per heavy atom. The minimum absolute atomic E-state index is 0.861. The van der Waals surface area contributed by atoms with Crippen LogP contribution in [0.1, 0.15) is 18.4 Å². The number of hydrogen-bond donors (Lipinski definition) is 0. The van der Waals surface area contributed by atoms with Crippen molar-refractivity contribution in [1.82, 2.24) is 9.97 Å². The fourth-order valence-corrected chi connectivity index (χ4v) is 1.51. The summed E-state index contributed by atoms with van der Waals surface area (Å²) in [5.41, 5.74) is 1.16. The molecule has 0 atom stereocenters. The van der Waals surface area contributed by atoms with Gasteiger partial charge >= 0.3 is 0 Å². The molecule has 0 amide bonds. The zero-order valence-electron chi connectivity index (χ0n) is 7.09. The largest absolute Gasteiger partial charge is 0.241 e. The number of aromatic nitrogens is 2. The first kappa shape index (κ1) is 8.53. The van der Waals surface area contributed by atoms with E-state index in [0.29, 0.717) is 0 Å². The van der Waals surface area contributed by atoms with Gasteiger partial charge in [0.2, 0.25) is 0 Å². The molecule has 11 heavy (non-hydrogen) atoms. The van der Waals surface area contributed by atoms with E-state index in [-0.39, 0.29) is 0 Å². The molecule has 0 radical (unpaired) electrons. The second-order valence-electron chi connectivity index (χ2n) is 2.29. The molecular weight excluding hydrogens is 156 g/mol. The Morgan fingerprint density at radius 1 is 1.55 bits per heavy atom. The number of hydrogen-bond acceptors (Lipinski definition) is 3. The third kappa shape index (κ3) is 1.93. The van der Waals surface area contributed by atoms with Crippen LogP contribution in [-0.2, 0) is 6.42 Å². The van der Waals surface area contributed by atoms with Crippen LogP contribution in [0, 0.1) is 6.92 Å². The van der Waals surface area contributed by atoms with Crippen LogP contribution in [0.3, 0.4) is 0 Å². The van der Waals surface area contributed by atoms with Gasteiger partial charge in [-0.15, -0.1) is 11.8 Å². The zero-order valence-corrected chi connectivity index (χ0v) is 7.90. The molecule has 0 spiro atoms. The maximum absolute atomic E-state index is 4.33. The molecular formula is C8H12N2S. The van der Waals surface area contributed by atoms with Gasteiger partial charge in [-0.25, -0.2) is 9.97 Å². The van der Waals surface area contributed by atoms with E-state index >= 15 is 0 Å². The van der Waals surface area contributed by atoms with E-state index in [1.165, 1.54) is 4.90 Å². The zero-order chi connectivity index (χ0) is 8.27. The molecule has 60 valence electrons. The summed E-state index contributed by atoms with van der Waals surface area (Å²) >= 11 is 1.70. The Morgan fingerprint density at radius 2 is 2.27 bits per heavy atom. The molecule has 0 aliphatic rings. The van der Waals surface area contributed by atoms with Gasteiger partial charge in [0.25, 0.3) is 0 Å². The molecule has 1 aromatic heterocycles. The van der Waals surface area contributed by atoms with Crippen LogP contribution >= 0.6 is 11.8 Å². The first-order valence-corrected chi connectivity index (χ1v) is 4.87. The van der Waals surface area contributed by atoms with E-state index in [4.69, 9.17) is 0 Å². The normalized spacial score (nSPS) is 10.1. The Hall–Kier alpha value is -0.570. The molecule has 0 unspecified atom stereocenters. The topological polar surface area (TPSA) is 25.8 Å². The number of thioether (sulfide) groups is 1. The van der Waals surface area contributed by atoms with Gasteiger partial charge < -0.3 is 0 Å². The quantitative estimate of drug-likeness (QED) is 0.632. The molecule has 3 heteroatoms. The highest BCUT2D eigenvalue weighted by atomic mass is 32.2. The molecule has 0 bridgehead atoms. The second kappa shape index (κ2) is 3.72. The average Bonchev–Trinajstić information content (AvgIpc) is 2.04.